The summed E-state index contributed by atoms with van der Waals surface area (Å²) >= 11 is 0. The van der Waals surface area contributed by atoms with Crippen molar-refractivity contribution in [1.29, 1.82) is 0 Å². The standard InChI is InChI=1S/C23H31N3O4/c1-2-13-26-19(21(28)25-15-9-5-6-10-15)23-12-11-16(30-23)17(18(23)22(26)29)20(27)24-14-7-3-4-8-14/h2,11-12,14-19H,1,3-10,13H2,(H,24,27)(H,25,28)/t16-,17+,18-,19-,23-/m1/s1. The van der Waals surface area contributed by atoms with E-state index in [1.54, 1.807) is 11.0 Å². The molecule has 2 saturated carbocycles. The highest BCUT2D eigenvalue weighted by Gasteiger charge is 2.72. The van der Waals surface area contributed by atoms with Crippen LogP contribution in [0.5, 0.6) is 0 Å². The molecule has 0 unspecified atom stereocenters. The van der Waals surface area contributed by atoms with E-state index in [0.717, 1.165) is 51.4 Å². The zero-order valence-corrected chi connectivity index (χ0v) is 17.3. The molecule has 1 spiro atoms. The molecule has 5 aliphatic rings. The van der Waals surface area contributed by atoms with Crippen molar-refractivity contribution in [2.75, 3.05) is 6.54 Å². The van der Waals surface area contributed by atoms with Gasteiger partial charge in [0.15, 0.2) is 0 Å². The van der Waals surface area contributed by atoms with Crippen LogP contribution >= 0.6 is 0 Å². The molecule has 5 rings (SSSR count). The van der Waals surface area contributed by atoms with Crippen molar-refractivity contribution in [3.05, 3.63) is 24.8 Å². The highest BCUT2D eigenvalue weighted by molar-refractivity contribution is 6.00. The Balaban J connectivity index is 1.42. The molecule has 5 atom stereocenters. The molecule has 7 nitrogen and oxygen atoms in total. The Labute approximate surface area is 177 Å². The van der Waals surface area contributed by atoms with Crippen LogP contribution in [0, 0.1) is 11.8 Å². The lowest BCUT2D eigenvalue weighted by atomic mass is 9.74. The van der Waals surface area contributed by atoms with Gasteiger partial charge in [0.25, 0.3) is 0 Å². The van der Waals surface area contributed by atoms with Gasteiger partial charge in [0.1, 0.15) is 11.6 Å². The Kier molecular flexibility index (Phi) is 4.96. The van der Waals surface area contributed by atoms with Crippen LogP contribution in [0.1, 0.15) is 51.4 Å². The van der Waals surface area contributed by atoms with Gasteiger partial charge < -0.3 is 20.3 Å². The van der Waals surface area contributed by atoms with E-state index in [-0.39, 0.29) is 36.3 Å². The molecule has 2 saturated heterocycles. The van der Waals surface area contributed by atoms with Crippen LogP contribution in [0.2, 0.25) is 0 Å². The number of amides is 3. The molecule has 2 bridgehead atoms. The van der Waals surface area contributed by atoms with Crippen LogP contribution in [-0.2, 0) is 19.1 Å². The Morgan fingerprint density at radius 2 is 1.70 bits per heavy atom. The lowest BCUT2D eigenvalue weighted by Crippen LogP contribution is -2.56. The third-order valence-electron chi connectivity index (χ3n) is 7.65. The number of likely N-dealkylation sites (tertiary alicyclic amines) is 1. The fraction of sp³-hybridized carbons (Fsp3) is 0.696. The number of rotatable bonds is 6. The third-order valence-corrected chi connectivity index (χ3v) is 7.65. The van der Waals surface area contributed by atoms with E-state index in [4.69, 9.17) is 4.74 Å². The molecule has 162 valence electrons. The van der Waals surface area contributed by atoms with Crippen LogP contribution in [0.3, 0.4) is 0 Å². The second kappa shape index (κ2) is 7.52. The second-order valence-electron chi connectivity index (χ2n) is 9.46. The SMILES string of the molecule is C=CCN1C(=O)[C@H]2[C@@H](C(=O)NC3CCCC3)[C@H]3C=C[C@]2(O3)[C@H]1C(=O)NC1CCCC1. The van der Waals surface area contributed by atoms with E-state index in [9.17, 15) is 14.4 Å². The monoisotopic (exact) mass is 413 g/mol. The molecule has 30 heavy (non-hydrogen) atoms. The summed E-state index contributed by atoms with van der Waals surface area (Å²) in [6, 6.07) is -0.435. The minimum Gasteiger partial charge on any atom is -0.359 e. The second-order valence-corrected chi connectivity index (χ2v) is 9.46. The molecule has 0 aromatic heterocycles. The summed E-state index contributed by atoms with van der Waals surface area (Å²) in [4.78, 5) is 41.6. The average Bonchev–Trinajstić information content (AvgIpc) is 3.51. The minimum atomic E-state index is -1.06. The number of hydrogen-bond donors (Lipinski definition) is 2. The average molecular weight is 414 g/mol. The smallest absolute Gasteiger partial charge is 0.246 e. The third kappa shape index (κ3) is 2.93. The normalized spacial score (nSPS) is 37.7. The quantitative estimate of drug-likeness (QED) is 0.645. The lowest BCUT2D eigenvalue weighted by Gasteiger charge is -2.32. The zero-order chi connectivity index (χ0) is 20.9. The van der Waals surface area contributed by atoms with Crippen molar-refractivity contribution < 1.29 is 19.1 Å². The number of carbonyl (C=O) groups excluding carboxylic acids is 3. The summed E-state index contributed by atoms with van der Waals surface area (Å²) in [6.07, 6.45) is 13.3. The van der Waals surface area contributed by atoms with Crippen molar-refractivity contribution in [2.45, 2.75) is 81.2 Å². The van der Waals surface area contributed by atoms with Gasteiger partial charge in [-0.15, -0.1) is 6.58 Å². The van der Waals surface area contributed by atoms with Gasteiger partial charge in [0, 0.05) is 18.6 Å². The Bertz CT molecular complexity index is 783. The molecule has 3 aliphatic heterocycles. The van der Waals surface area contributed by atoms with E-state index in [2.05, 4.69) is 17.2 Å². The molecule has 7 heteroatoms. The first-order valence-electron chi connectivity index (χ1n) is 11.4. The first-order valence-corrected chi connectivity index (χ1v) is 11.4. The molecule has 3 heterocycles. The number of nitrogens with one attached hydrogen (secondary N) is 2. The summed E-state index contributed by atoms with van der Waals surface area (Å²) in [5.74, 6) is -1.72. The van der Waals surface area contributed by atoms with Gasteiger partial charge in [-0.1, -0.05) is 43.9 Å². The summed E-state index contributed by atoms with van der Waals surface area (Å²) in [5, 5.41) is 6.28. The molecule has 0 aromatic rings. The maximum absolute atomic E-state index is 13.5. The summed E-state index contributed by atoms with van der Waals surface area (Å²) in [5.41, 5.74) is -1.06. The largest absolute Gasteiger partial charge is 0.359 e. The van der Waals surface area contributed by atoms with Crippen LogP contribution in [0.25, 0.3) is 0 Å². The van der Waals surface area contributed by atoms with E-state index in [0.29, 0.717) is 0 Å². The van der Waals surface area contributed by atoms with Crippen LogP contribution in [0.4, 0.5) is 0 Å². The van der Waals surface area contributed by atoms with Gasteiger partial charge >= 0.3 is 0 Å². The summed E-state index contributed by atoms with van der Waals surface area (Å²) in [6.45, 7) is 4.03. The van der Waals surface area contributed by atoms with Gasteiger partial charge in [-0.05, 0) is 25.7 Å². The minimum absolute atomic E-state index is 0.119. The number of hydrogen-bond acceptors (Lipinski definition) is 4. The molecular weight excluding hydrogens is 382 g/mol. The van der Waals surface area contributed by atoms with E-state index >= 15 is 0 Å². The molecule has 2 N–H and O–H groups in total. The van der Waals surface area contributed by atoms with Crippen molar-refractivity contribution >= 4 is 17.7 Å². The van der Waals surface area contributed by atoms with Gasteiger partial charge in [-0.2, -0.15) is 0 Å². The maximum Gasteiger partial charge on any atom is 0.246 e. The van der Waals surface area contributed by atoms with Crippen molar-refractivity contribution in [1.82, 2.24) is 15.5 Å². The van der Waals surface area contributed by atoms with Crippen LogP contribution in [-0.4, -0.2) is 59.0 Å². The Morgan fingerprint density at radius 3 is 2.30 bits per heavy atom. The lowest BCUT2D eigenvalue weighted by molar-refractivity contribution is -0.141. The van der Waals surface area contributed by atoms with Crippen molar-refractivity contribution in [3.63, 3.8) is 0 Å². The van der Waals surface area contributed by atoms with Crippen LogP contribution < -0.4 is 10.6 Å². The van der Waals surface area contributed by atoms with Gasteiger partial charge in [-0.3, -0.25) is 14.4 Å². The molecular formula is C23H31N3O4. The van der Waals surface area contributed by atoms with Crippen LogP contribution in [0.15, 0.2) is 24.8 Å². The van der Waals surface area contributed by atoms with Gasteiger partial charge in [0.05, 0.1) is 17.9 Å². The summed E-state index contributed by atoms with van der Waals surface area (Å²) in [7, 11) is 0. The first kappa shape index (κ1) is 19.8. The van der Waals surface area contributed by atoms with E-state index < -0.39 is 29.6 Å². The summed E-state index contributed by atoms with van der Waals surface area (Å²) < 4.78 is 6.30. The molecule has 2 aliphatic carbocycles. The van der Waals surface area contributed by atoms with E-state index in [1.807, 2.05) is 12.2 Å². The highest BCUT2D eigenvalue weighted by atomic mass is 16.5. The highest BCUT2D eigenvalue weighted by Crippen LogP contribution is 2.55. The number of nitrogens with zero attached hydrogens (tertiary/aromatic N) is 1. The molecule has 0 radical (unpaired) electrons. The Hall–Kier alpha value is -2.15. The molecule has 0 aromatic carbocycles. The predicted octanol–water partition coefficient (Wildman–Crippen LogP) is 1.44. The van der Waals surface area contributed by atoms with Crippen molar-refractivity contribution in [2.24, 2.45) is 11.8 Å². The zero-order valence-electron chi connectivity index (χ0n) is 17.3. The molecule has 3 amide bonds. The fourth-order valence-electron chi connectivity index (χ4n) is 6.32. The van der Waals surface area contributed by atoms with Gasteiger partial charge in [-0.25, -0.2) is 0 Å². The Morgan fingerprint density at radius 1 is 1.10 bits per heavy atom. The number of fused-ring (bicyclic) bond motifs is 1. The van der Waals surface area contributed by atoms with E-state index in [1.165, 1.54) is 0 Å². The van der Waals surface area contributed by atoms with Gasteiger partial charge in [0.2, 0.25) is 17.7 Å². The van der Waals surface area contributed by atoms with Crippen molar-refractivity contribution in [3.8, 4) is 0 Å². The fourth-order valence-corrected chi connectivity index (χ4v) is 6.32. The topological polar surface area (TPSA) is 87.7 Å². The molecule has 4 fully saturated rings. The number of carbonyl (C=O) groups is 3. The predicted molar refractivity (Wildman–Crippen MR) is 110 cm³/mol. The number of ether oxygens (including phenoxy) is 1. The maximum atomic E-state index is 13.5. The first-order chi connectivity index (χ1) is 14.5.